The van der Waals surface area contributed by atoms with E-state index in [9.17, 15) is 8.78 Å². The second-order valence-corrected chi connectivity index (χ2v) is 5.40. The van der Waals surface area contributed by atoms with Crippen molar-refractivity contribution in [1.29, 1.82) is 0 Å². The van der Waals surface area contributed by atoms with Crippen LogP contribution in [-0.4, -0.2) is 5.88 Å². The summed E-state index contributed by atoms with van der Waals surface area (Å²) in [6.07, 6.45) is 1.32. The Balaban J connectivity index is 2.11. The number of aryl methyl sites for hydroxylation is 1. The van der Waals surface area contributed by atoms with Crippen molar-refractivity contribution < 1.29 is 8.78 Å². The van der Waals surface area contributed by atoms with Crippen molar-refractivity contribution in [2.45, 2.75) is 19.8 Å². The zero-order chi connectivity index (χ0) is 14.5. The molecule has 0 fully saturated rings. The molecule has 2 aromatic rings. The fourth-order valence-electron chi connectivity index (χ4n) is 2.33. The Morgan fingerprint density at radius 3 is 2.35 bits per heavy atom. The third-order valence-corrected chi connectivity index (χ3v) is 3.95. The predicted octanol–water partition coefficient (Wildman–Crippen LogP) is 4.91. The molecule has 0 aromatic heterocycles. The standard InChI is InChI=1S/C17H17ClF2/c1-12-4-2-3-5-14(12)8-13(11-18)9-15-6-7-16(19)10-17(15)20/h2-7,10,13H,8-9,11H2,1H3. The molecule has 106 valence electrons. The molecule has 1 unspecified atom stereocenters. The fraction of sp³-hybridized carbons (Fsp3) is 0.294. The maximum Gasteiger partial charge on any atom is 0.129 e. The molecule has 0 nitrogen and oxygen atoms in total. The molecule has 2 aromatic carbocycles. The average molecular weight is 295 g/mol. The molecule has 0 heterocycles. The minimum atomic E-state index is -0.549. The van der Waals surface area contributed by atoms with E-state index < -0.39 is 11.6 Å². The van der Waals surface area contributed by atoms with Crippen molar-refractivity contribution in [1.82, 2.24) is 0 Å². The molecule has 0 bridgehead atoms. The Hall–Kier alpha value is -1.41. The zero-order valence-corrected chi connectivity index (χ0v) is 12.1. The summed E-state index contributed by atoms with van der Waals surface area (Å²) < 4.78 is 26.6. The van der Waals surface area contributed by atoms with Crippen molar-refractivity contribution >= 4 is 11.6 Å². The molecule has 0 aliphatic carbocycles. The second kappa shape index (κ2) is 6.85. The minimum Gasteiger partial charge on any atom is -0.207 e. The minimum absolute atomic E-state index is 0.137. The molecular formula is C17H17ClF2. The van der Waals surface area contributed by atoms with Gasteiger partial charge in [-0.2, -0.15) is 0 Å². The molecule has 1 atom stereocenters. The molecule has 2 rings (SSSR count). The Labute approximate surface area is 123 Å². The fourth-order valence-corrected chi connectivity index (χ4v) is 2.55. The number of rotatable bonds is 5. The van der Waals surface area contributed by atoms with E-state index in [1.807, 2.05) is 12.1 Å². The summed E-state index contributed by atoms with van der Waals surface area (Å²) in [6, 6.07) is 11.8. The summed E-state index contributed by atoms with van der Waals surface area (Å²) in [5, 5.41) is 0. The lowest BCUT2D eigenvalue weighted by Gasteiger charge is -2.16. The van der Waals surface area contributed by atoms with Crippen LogP contribution >= 0.6 is 11.6 Å². The van der Waals surface area contributed by atoms with Crippen molar-refractivity contribution in [3.63, 3.8) is 0 Å². The van der Waals surface area contributed by atoms with Gasteiger partial charge in [0.15, 0.2) is 0 Å². The molecule has 0 radical (unpaired) electrons. The highest BCUT2D eigenvalue weighted by Crippen LogP contribution is 2.20. The van der Waals surface area contributed by atoms with Crippen LogP contribution in [0.5, 0.6) is 0 Å². The first-order chi connectivity index (χ1) is 9.60. The molecule has 0 saturated heterocycles. The maximum atomic E-state index is 13.7. The van der Waals surface area contributed by atoms with Gasteiger partial charge in [0.2, 0.25) is 0 Å². The Bertz CT molecular complexity index is 581. The summed E-state index contributed by atoms with van der Waals surface area (Å²) in [5.74, 6) is -0.458. The molecule has 0 spiro atoms. The molecule has 0 aliphatic rings. The quantitative estimate of drug-likeness (QED) is 0.687. The van der Waals surface area contributed by atoms with E-state index in [0.29, 0.717) is 17.9 Å². The van der Waals surface area contributed by atoms with Gasteiger partial charge in [0.1, 0.15) is 11.6 Å². The van der Waals surface area contributed by atoms with E-state index in [4.69, 9.17) is 11.6 Å². The van der Waals surface area contributed by atoms with E-state index in [2.05, 4.69) is 19.1 Å². The van der Waals surface area contributed by atoms with E-state index in [1.165, 1.54) is 23.3 Å². The first-order valence-electron chi connectivity index (χ1n) is 6.64. The summed E-state index contributed by atoms with van der Waals surface area (Å²) >= 11 is 6.01. The average Bonchev–Trinajstić information content (AvgIpc) is 2.43. The Morgan fingerprint density at radius 2 is 1.70 bits per heavy atom. The number of hydrogen-bond acceptors (Lipinski definition) is 0. The summed E-state index contributed by atoms with van der Waals surface area (Å²) in [6.45, 7) is 2.05. The third kappa shape index (κ3) is 3.80. The highest BCUT2D eigenvalue weighted by molar-refractivity contribution is 6.18. The molecule has 0 aliphatic heterocycles. The summed E-state index contributed by atoms with van der Waals surface area (Å²) in [4.78, 5) is 0. The van der Waals surface area contributed by atoms with Crippen LogP contribution < -0.4 is 0 Å². The van der Waals surface area contributed by atoms with Gasteiger partial charge in [-0.05, 0) is 48.4 Å². The molecule has 20 heavy (non-hydrogen) atoms. The van der Waals surface area contributed by atoms with Crippen LogP contribution in [0.2, 0.25) is 0 Å². The van der Waals surface area contributed by atoms with Crippen molar-refractivity contribution in [3.8, 4) is 0 Å². The SMILES string of the molecule is Cc1ccccc1CC(CCl)Cc1ccc(F)cc1F. The Morgan fingerprint density at radius 1 is 1.00 bits per heavy atom. The van der Waals surface area contributed by atoms with Crippen molar-refractivity contribution in [2.75, 3.05) is 5.88 Å². The van der Waals surface area contributed by atoms with Gasteiger partial charge in [-0.3, -0.25) is 0 Å². The highest BCUT2D eigenvalue weighted by atomic mass is 35.5. The smallest absolute Gasteiger partial charge is 0.129 e. The molecule has 0 N–H and O–H groups in total. The number of benzene rings is 2. The topological polar surface area (TPSA) is 0 Å². The van der Waals surface area contributed by atoms with Crippen LogP contribution in [0.15, 0.2) is 42.5 Å². The first-order valence-corrected chi connectivity index (χ1v) is 7.18. The van der Waals surface area contributed by atoms with Gasteiger partial charge in [-0.15, -0.1) is 11.6 Å². The lowest BCUT2D eigenvalue weighted by molar-refractivity contribution is 0.533. The third-order valence-electron chi connectivity index (χ3n) is 3.51. The van der Waals surface area contributed by atoms with E-state index in [1.54, 1.807) is 0 Å². The van der Waals surface area contributed by atoms with Gasteiger partial charge in [-0.1, -0.05) is 30.3 Å². The lowest BCUT2D eigenvalue weighted by Crippen LogP contribution is -2.12. The Kier molecular flexibility index (Phi) is 5.13. The van der Waals surface area contributed by atoms with Gasteiger partial charge < -0.3 is 0 Å². The van der Waals surface area contributed by atoms with E-state index in [0.717, 1.165) is 12.5 Å². The summed E-state index contributed by atoms with van der Waals surface area (Å²) in [5.41, 5.74) is 2.95. The summed E-state index contributed by atoms with van der Waals surface area (Å²) in [7, 11) is 0. The van der Waals surface area contributed by atoms with E-state index >= 15 is 0 Å². The lowest BCUT2D eigenvalue weighted by atomic mass is 9.92. The normalized spacial score (nSPS) is 12.4. The molecular weight excluding hydrogens is 278 g/mol. The zero-order valence-electron chi connectivity index (χ0n) is 11.4. The van der Waals surface area contributed by atoms with Gasteiger partial charge in [0.05, 0.1) is 0 Å². The van der Waals surface area contributed by atoms with Crippen molar-refractivity contribution in [2.24, 2.45) is 5.92 Å². The maximum absolute atomic E-state index is 13.7. The highest BCUT2D eigenvalue weighted by Gasteiger charge is 2.14. The van der Waals surface area contributed by atoms with E-state index in [-0.39, 0.29) is 5.92 Å². The van der Waals surface area contributed by atoms with Crippen LogP contribution in [0.25, 0.3) is 0 Å². The van der Waals surface area contributed by atoms with Crippen LogP contribution in [0.1, 0.15) is 16.7 Å². The number of hydrogen-bond donors (Lipinski definition) is 0. The van der Waals surface area contributed by atoms with Gasteiger partial charge in [0, 0.05) is 11.9 Å². The molecule has 0 saturated carbocycles. The van der Waals surface area contributed by atoms with Gasteiger partial charge >= 0.3 is 0 Å². The second-order valence-electron chi connectivity index (χ2n) is 5.09. The van der Waals surface area contributed by atoms with Crippen LogP contribution in [0.3, 0.4) is 0 Å². The molecule has 0 amide bonds. The van der Waals surface area contributed by atoms with Crippen LogP contribution in [-0.2, 0) is 12.8 Å². The molecule has 3 heteroatoms. The van der Waals surface area contributed by atoms with Crippen LogP contribution in [0, 0.1) is 24.5 Å². The predicted molar refractivity (Wildman–Crippen MR) is 79.2 cm³/mol. The van der Waals surface area contributed by atoms with Gasteiger partial charge in [-0.25, -0.2) is 8.78 Å². The number of halogens is 3. The largest absolute Gasteiger partial charge is 0.207 e. The van der Waals surface area contributed by atoms with Crippen molar-refractivity contribution in [3.05, 3.63) is 70.8 Å². The number of alkyl halides is 1. The van der Waals surface area contributed by atoms with Crippen LogP contribution in [0.4, 0.5) is 8.78 Å². The monoisotopic (exact) mass is 294 g/mol. The first kappa shape index (κ1) is 15.0. The van der Waals surface area contributed by atoms with Gasteiger partial charge in [0.25, 0.3) is 0 Å².